The number of aliphatic hydroxyl groups excluding tert-OH is 2. The lowest BCUT2D eigenvalue weighted by Crippen LogP contribution is -1.94. The molecule has 0 saturated carbocycles. The Hall–Kier alpha value is -1.90. The van der Waals surface area contributed by atoms with Gasteiger partial charge in [0.1, 0.15) is 11.9 Å². The monoisotopic (exact) mass is 258 g/mol. The van der Waals surface area contributed by atoms with E-state index in [0.29, 0.717) is 0 Å². The molecular weight excluding hydrogens is 236 g/mol. The van der Waals surface area contributed by atoms with Crippen LogP contribution in [-0.4, -0.2) is 16.3 Å². The van der Waals surface area contributed by atoms with E-state index < -0.39 is 6.10 Å². The summed E-state index contributed by atoms with van der Waals surface area (Å²) in [5.74, 6) is 10.4. The molecule has 0 fully saturated rings. The minimum Gasteiger partial charge on any atom is -0.508 e. The smallest absolute Gasteiger partial charge is 0.134 e. The quantitative estimate of drug-likeness (QED) is 0.241. The van der Waals surface area contributed by atoms with Gasteiger partial charge in [-0.25, -0.2) is 0 Å². The summed E-state index contributed by atoms with van der Waals surface area (Å²) in [4.78, 5) is 0. The zero-order valence-corrected chi connectivity index (χ0v) is 11.5. The summed E-state index contributed by atoms with van der Waals surface area (Å²) < 4.78 is 0. The third kappa shape index (κ3) is 12.3. The Morgan fingerprint density at radius 1 is 1.26 bits per heavy atom. The van der Waals surface area contributed by atoms with E-state index in [9.17, 15) is 5.11 Å². The maximum atomic E-state index is 9.51. The van der Waals surface area contributed by atoms with Gasteiger partial charge < -0.3 is 10.2 Å². The number of rotatable bonds is 7. The molecule has 0 aromatic rings. The first kappa shape index (κ1) is 17.1. The van der Waals surface area contributed by atoms with Gasteiger partial charge in [0.05, 0.1) is 0 Å². The maximum Gasteiger partial charge on any atom is 0.134 e. The molecule has 0 heterocycles. The number of hydrogen-bond donors (Lipinski definition) is 2. The van der Waals surface area contributed by atoms with Crippen LogP contribution in [0.2, 0.25) is 0 Å². The summed E-state index contributed by atoms with van der Waals surface area (Å²) in [7, 11) is 0. The molecule has 1 atom stereocenters. The van der Waals surface area contributed by atoms with Gasteiger partial charge in [-0.05, 0) is 42.9 Å². The van der Waals surface area contributed by atoms with Gasteiger partial charge in [-0.1, -0.05) is 50.7 Å². The Morgan fingerprint density at radius 3 is 2.74 bits per heavy atom. The molecule has 0 saturated heterocycles. The van der Waals surface area contributed by atoms with Crippen molar-refractivity contribution in [2.45, 2.75) is 45.1 Å². The van der Waals surface area contributed by atoms with Crippen molar-refractivity contribution in [3.05, 3.63) is 36.6 Å². The van der Waals surface area contributed by atoms with Crippen molar-refractivity contribution in [3.8, 4) is 23.7 Å². The van der Waals surface area contributed by atoms with Crippen LogP contribution in [0.1, 0.15) is 39.0 Å². The Kier molecular flexibility index (Phi) is 11.3. The third-order valence-corrected chi connectivity index (χ3v) is 2.33. The molecular formula is C17H22O2. The van der Waals surface area contributed by atoms with Gasteiger partial charge in [-0.3, -0.25) is 0 Å². The van der Waals surface area contributed by atoms with Gasteiger partial charge in [0.25, 0.3) is 0 Å². The largest absolute Gasteiger partial charge is 0.508 e. The molecule has 2 nitrogen and oxygen atoms in total. The van der Waals surface area contributed by atoms with Crippen molar-refractivity contribution in [2.75, 3.05) is 0 Å². The summed E-state index contributed by atoms with van der Waals surface area (Å²) >= 11 is 0. The molecule has 0 amide bonds. The Morgan fingerprint density at radius 2 is 2.05 bits per heavy atom. The van der Waals surface area contributed by atoms with E-state index in [0.717, 1.165) is 12.8 Å². The third-order valence-electron chi connectivity index (χ3n) is 2.33. The second-order valence-corrected chi connectivity index (χ2v) is 4.03. The first-order valence-corrected chi connectivity index (χ1v) is 6.58. The average molecular weight is 258 g/mol. The molecule has 0 aliphatic heterocycles. The van der Waals surface area contributed by atoms with E-state index in [4.69, 9.17) is 5.11 Å². The Labute approximate surface area is 116 Å². The zero-order chi connectivity index (χ0) is 14.3. The molecule has 0 radical (unpaired) electrons. The summed E-state index contributed by atoms with van der Waals surface area (Å²) in [6.45, 7) is 5.56. The molecule has 0 aliphatic carbocycles. The molecule has 19 heavy (non-hydrogen) atoms. The fourth-order valence-electron chi connectivity index (χ4n) is 1.26. The van der Waals surface area contributed by atoms with Crippen molar-refractivity contribution in [3.63, 3.8) is 0 Å². The van der Waals surface area contributed by atoms with Crippen LogP contribution in [0.15, 0.2) is 36.6 Å². The van der Waals surface area contributed by atoms with E-state index in [-0.39, 0.29) is 5.76 Å². The number of aliphatic hydroxyl groups is 2. The zero-order valence-electron chi connectivity index (χ0n) is 11.5. The SMILES string of the molecule is C=CC(O)C#CC#CC=CC(O)=CCCCCCC. The van der Waals surface area contributed by atoms with Crippen molar-refractivity contribution in [2.24, 2.45) is 0 Å². The fraction of sp³-hybridized carbons (Fsp3) is 0.412. The first-order chi connectivity index (χ1) is 9.20. The molecule has 0 aliphatic rings. The number of hydrogen-bond acceptors (Lipinski definition) is 2. The Balaban J connectivity index is 3.97. The van der Waals surface area contributed by atoms with Crippen molar-refractivity contribution >= 4 is 0 Å². The van der Waals surface area contributed by atoms with E-state index in [2.05, 4.69) is 37.2 Å². The van der Waals surface area contributed by atoms with Crippen molar-refractivity contribution in [1.82, 2.24) is 0 Å². The average Bonchev–Trinajstić information content (AvgIpc) is 2.42. The van der Waals surface area contributed by atoms with Crippen LogP contribution in [0.3, 0.4) is 0 Å². The summed E-state index contributed by atoms with van der Waals surface area (Å²) in [6, 6.07) is 0. The van der Waals surface area contributed by atoms with Gasteiger partial charge in [0, 0.05) is 0 Å². The highest BCUT2D eigenvalue weighted by atomic mass is 16.3. The highest BCUT2D eigenvalue weighted by Crippen LogP contribution is 2.04. The Bertz CT molecular complexity index is 422. The summed E-state index contributed by atoms with van der Waals surface area (Å²) in [6.07, 6.45) is 11.0. The normalized spacial score (nSPS) is 12.2. The molecule has 1 unspecified atom stereocenters. The van der Waals surface area contributed by atoms with E-state index in [1.165, 1.54) is 31.4 Å². The molecule has 2 heteroatoms. The summed E-state index contributed by atoms with van der Waals surface area (Å²) in [5.41, 5.74) is 0. The second-order valence-electron chi connectivity index (χ2n) is 4.03. The highest BCUT2D eigenvalue weighted by molar-refractivity contribution is 5.33. The molecule has 0 spiro atoms. The van der Waals surface area contributed by atoms with E-state index >= 15 is 0 Å². The molecule has 0 bridgehead atoms. The van der Waals surface area contributed by atoms with Crippen LogP contribution >= 0.6 is 0 Å². The molecule has 0 aromatic heterocycles. The topological polar surface area (TPSA) is 40.5 Å². The van der Waals surface area contributed by atoms with Crippen molar-refractivity contribution < 1.29 is 10.2 Å². The van der Waals surface area contributed by atoms with Crippen LogP contribution in [0, 0.1) is 23.7 Å². The predicted octanol–water partition coefficient (Wildman–Crippen LogP) is 3.51. The molecule has 2 N–H and O–H groups in total. The van der Waals surface area contributed by atoms with Crippen LogP contribution in [0.25, 0.3) is 0 Å². The number of unbranched alkanes of at least 4 members (excludes halogenated alkanes) is 4. The van der Waals surface area contributed by atoms with Crippen molar-refractivity contribution in [1.29, 1.82) is 0 Å². The van der Waals surface area contributed by atoms with Crippen LogP contribution < -0.4 is 0 Å². The van der Waals surface area contributed by atoms with Gasteiger partial charge in [-0.15, -0.1) is 0 Å². The molecule has 0 rings (SSSR count). The number of allylic oxidation sites excluding steroid dienone is 3. The van der Waals surface area contributed by atoms with Crippen LogP contribution in [-0.2, 0) is 0 Å². The lowest BCUT2D eigenvalue weighted by atomic mass is 10.1. The lowest BCUT2D eigenvalue weighted by Gasteiger charge is -1.94. The van der Waals surface area contributed by atoms with Gasteiger partial charge in [-0.2, -0.15) is 0 Å². The lowest BCUT2D eigenvalue weighted by molar-refractivity contribution is 0.281. The van der Waals surface area contributed by atoms with Gasteiger partial charge in [0.15, 0.2) is 0 Å². The van der Waals surface area contributed by atoms with Crippen LogP contribution in [0.4, 0.5) is 0 Å². The fourth-order valence-corrected chi connectivity index (χ4v) is 1.26. The summed E-state index contributed by atoms with van der Waals surface area (Å²) in [5, 5.41) is 18.5. The highest BCUT2D eigenvalue weighted by Gasteiger charge is 1.87. The predicted molar refractivity (Wildman–Crippen MR) is 80.4 cm³/mol. The van der Waals surface area contributed by atoms with E-state index in [1.54, 1.807) is 12.2 Å². The first-order valence-electron chi connectivity index (χ1n) is 6.58. The molecule has 102 valence electrons. The van der Waals surface area contributed by atoms with Gasteiger partial charge in [0.2, 0.25) is 0 Å². The standard InChI is InChI=1S/C17H22O2/c1-3-5-6-7-11-14-17(19)15-12-9-8-10-13-16(18)4-2/h4,12,14-16,18-19H,2-3,5-7,11H2,1H3. The van der Waals surface area contributed by atoms with Gasteiger partial charge >= 0.3 is 0 Å². The van der Waals surface area contributed by atoms with Crippen LogP contribution in [0.5, 0.6) is 0 Å². The minimum atomic E-state index is -0.838. The maximum absolute atomic E-state index is 9.51. The molecule has 0 aromatic carbocycles. The van der Waals surface area contributed by atoms with E-state index in [1.807, 2.05) is 0 Å². The minimum absolute atomic E-state index is 0.227. The second kappa shape index (κ2) is 12.6.